The van der Waals surface area contributed by atoms with Crippen LogP contribution in [0.25, 0.3) is 0 Å². The highest BCUT2D eigenvalue weighted by Gasteiger charge is 2.24. The summed E-state index contributed by atoms with van der Waals surface area (Å²) in [5.74, 6) is -0.440. The summed E-state index contributed by atoms with van der Waals surface area (Å²) in [5, 5.41) is 0. The van der Waals surface area contributed by atoms with E-state index < -0.39 is 13.6 Å². The van der Waals surface area contributed by atoms with Gasteiger partial charge in [0.25, 0.3) is 0 Å². The molecule has 0 N–H and O–H groups in total. The SMILES string of the molecule is CCOC(=O)/C=C(/C)CP(=O)(OCC)OCC. The Morgan fingerprint density at radius 3 is 2.06 bits per heavy atom. The maximum Gasteiger partial charge on any atom is 0.334 e. The highest BCUT2D eigenvalue weighted by atomic mass is 31.2. The maximum absolute atomic E-state index is 12.1. The van der Waals surface area contributed by atoms with Gasteiger partial charge in [-0.05, 0) is 27.7 Å². The summed E-state index contributed by atoms with van der Waals surface area (Å²) in [6, 6.07) is 0. The summed E-state index contributed by atoms with van der Waals surface area (Å²) < 4.78 is 27.1. The molecule has 0 saturated heterocycles. The Balaban J connectivity index is 4.54. The monoisotopic (exact) mass is 264 g/mol. The highest BCUT2D eigenvalue weighted by molar-refractivity contribution is 7.54. The van der Waals surface area contributed by atoms with E-state index in [4.69, 9.17) is 13.8 Å². The van der Waals surface area contributed by atoms with E-state index in [0.29, 0.717) is 25.4 Å². The Labute approximate surface area is 103 Å². The second-order valence-electron chi connectivity index (χ2n) is 3.35. The van der Waals surface area contributed by atoms with Gasteiger partial charge >= 0.3 is 13.6 Å². The van der Waals surface area contributed by atoms with Crippen molar-refractivity contribution >= 4 is 13.6 Å². The number of rotatable bonds is 8. The molecule has 0 saturated carbocycles. The molecule has 0 heterocycles. The molecule has 0 atom stereocenters. The van der Waals surface area contributed by atoms with Crippen LogP contribution in [0, 0.1) is 0 Å². The molecule has 5 nitrogen and oxygen atoms in total. The summed E-state index contributed by atoms with van der Waals surface area (Å²) >= 11 is 0. The molecule has 0 bridgehead atoms. The van der Waals surface area contributed by atoms with Crippen molar-refractivity contribution in [1.29, 1.82) is 0 Å². The van der Waals surface area contributed by atoms with Gasteiger partial charge in [0.05, 0.1) is 26.0 Å². The normalized spacial score (nSPS) is 12.6. The molecule has 0 unspecified atom stereocenters. The summed E-state index contributed by atoms with van der Waals surface area (Å²) in [7, 11) is -3.13. The molecule has 0 aromatic carbocycles. The van der Waals surface area contributed by atoms with Gasteiger partial charge in [-0.2, -0.15) is 0 Å². The molecule has 0 aliphatic rings. The minimum atomic E-state index is -3.13. The van der Waals surface area contributed by atoms with Crippen molar-refractivity contribution in [3.8, 4) is 0 Å². The maximum atomic E-state index is 12.1. The van der Waals surface area contributed by atoms with Crippen LogP contribution < -0.4 is 0 Å². The van der Waals surface area contributed by atoms with E-state index >= 15 is 0 Å². The number of esters is 1. The lowest BCUT2D eigenvalue weighted by Gasteiger charge is -2.16. The second-order valence-corrected chi connectivity index (χ2v) is 5.40. The molecule has 100 valence electrons. The van der Waals surface area contributed by atoms with Crippen molar-refractivity contribution in [3.63, 3.8) is 0 Å². The van der Waals surface area contributed by atoms with Crippen LogP contribution >= 0.6 is 7.60 Å². The molecule has 0 fully saturated rings. The van der Waals surface area contributed by atoms with Crippen LogP contribution in [0.4, 0.5) is 0 Å². The van der Waals surface area contributed by atoms with Crippen molar-refractivity contribution in [2.24, 2.45) is 0 Å². The Morgan fingerprint density at radius 2 is 1.65 bits per heavy atom. The van der Waals surface area contributed by atoms with Crippen LogP contribution in [0.2, 0.25) is 0 Å². The largest absolute Gasteiger partial charge is 0.463 e. The molecule has 0 aromatic rings. The van der Waals surface area contributed by atoms with Gasteiger partial charge in [0.1, 0.15) is 0 Å². The molecule has 0 aliphatic heterocycles. The number of carbonyl (C=O) groups is 1. The quantitative estimate of drug-likeness (QED) is 0.383. The van der Waals surface area contributed by atoms with Gasteiger partial charge in [-0.1, -0.05) is 5.57 Å². The van der Waals surface area contributed by atoms with Crippen LogP contribution in [0.15, 0.2) is 11.6 Å². The lowest BCUT2D eigenvalue weighted by Crippen LogP contribution is -2.05. The van der Waals surface area contributed by atoms with E-state index in [9.17, 15) is 9.36 Å². The van der Waals surface area contributed by atoms with Gasteiger partial charge in [0.2, 0.25) is 0 Å². The molecule has 0 radical (unpaired) electrons. The standard InChI is InChI=1S/C11H21O5P/c1-5-14-11(12)8-10(4)9-17(13,15-6-2)16-7-3/h8H,5-7,9H2,1-4H3/b10-8-. The van der Waals surface area contributed by atoms with Crippen LogP contribution in [0.3, 0.4) is 0 Å². The molecule has 0 amide bonds. The van der Waals surface area contributed by atoms with E-state index in [0.717, 1.165) is 0 Å². The Hall–Kier alpha value is -0.640. The molecule has 0 rings (SSSR count). The second kappa shape index (κ2) is 8.45. The summed E-state index contributed by atoms with van der Waals surface area (Å²) in [6.07, 6.45) is 1.42. The molecule has 0 aliphatic carbocycles. The first-order valence-corrected chi connectivity index (χ1v) is 7.42. The van der Waals surface area contributed by atoms with Crippen molar-refractivity contribution < 1.29 is 23.1 Å². The number of hydrogen-bond acceptors (Lipinski definition) is 5. The van der Waals surface area contributed by atoms with Gasteiger partial charge < -0.3 is 13.8 Å². The van der Waals surface area contributed by atoms with Gasteiger partial charge in [0, 0.05) is 6.08 Å². The zero-order valence-electron chi connectivity index (χ0n) is 10.9. The molecule has 6 heteroatoms. The third-order valence-electron chi connectivity index (χ3n) is 1.75. The molecular formula is C11H21O5P. The fourth-order valence-electron chi connectivity index (χ4n) is 1.26. The number of carbonyl (C=O) groups excluding carboxylic acids is 1. The fraction of sp³-hybridized carbons (Fsp3) is 0.727. The van der Waals surface area contributed by atoms with E-state index in [1.165, 1.54) is 6.08 Å². The predicted molar refractivity (Wildman–Crippen MR) is 66.1 cm³/mol. The minimum Gasteiger partial charge on any atom is -0.463 e. The van der Waals surface area contributed by atoms with E-state index in [1.807, 2.05) is 0 Å². The summed E-state index contributed by atoms with van der Waals surface area (Å²) in [6.45, 7) is 7.85. The van der Waals surface area contributed by atoms with Gasteiger partial charge in [0.15, 0.2) is 0 Å². The van der Waals surface area contributed by atoms with Crippen molar-refractivity contribution in [2.45, 2.75) is 27.7 Å². The first kappa shape index (κ1) is 16.4. The predicted octanol–water partition coefficient (Wildman–Crippen LogP) is 2.76. The van der Waals surface area contributed by atoms with E-state index in [-0.39, 0.29) is 6.16 Å². The Morgan fingerprint density at radius 1 is 1.12 bits per heavy atom. The van der Waals surface area contributed by atoms with E-state index in [2.05, 4.69) is 0 Å². The summed E-state index contributed by atoms with van der Waals surface area (Å²) in [4.78, 5) is 11.2. The molecule has 0 spiro atoms. The fourth-order valence-corrected chi connectivity index (χ4v) is 3.00. The average molecular weight is 264 g/mol. The minimum absolute atomic E-state index is 0.105. The first-order chi connectivity index (χ1) is 7.97. The Bertz CT molecular complexity index is 301. The molecular weight excluding hydrogens is 243 g/mol. The molecule has 17 heavy (non-hydrogen) atoms. The highest BCUT2D eigenvalue weighted by Crippen LogP contribution is 2.49. The van der Waals surface area contributed by atoms with Gasteiger partial charge in [-0.25, -0.2) is 4.79 Å². The lowest BCUT2D eigenvalue weighted by molar-refractivity contribution is -0.137. The van der Waals surface area contributed by atoms with Crippen LogP contribution in [-0.4, -0.2) is 32.0 Å². The topological polar surface area (TPSA) is 61.8 Å². The number of ether oxygens (including phenoxy) is 1. The molecule has 0 aromatic heterocycles. The number of hydrogen-bond donors (Lipinski definition) is 0. The Kier molecular flexibility index (Phi) is 8.13. The van der Waals surface area contributed by atoms with Crippen LogP contribution in [0.5, 0.6) is 0 Å². The third kappa shape index (κ3) is 7.31. The van der Waals surface area contributed by atoms with Crippen LogP contribution in [-0.2, 0) is 23.1 Å². The third-order valence-corrected chi connectivity index (χ3v) is 3.93. The smallest absolute Gasteiger partial charge is 0.334 e. The number of allylic oxidation sites excluding steroid dienone is 1. The average Bonchev–Trinajstić information content (AvgIpc) is 2.17. The van der Waals surface area contributed by atoms with Gasteiger partial charge in [-0.3, -0.25) is 4.57 Å². The van der Waals surface area contributed by atoms with Crippen LogP contribution in [0.1, 0.15) is 27.7 Å². The first-order valence-electron chi connectivity index (χ1n) is 5.69. The van der Waals surface area contributed by atoms with E-state index in [1.54, 1.807) is 27.7 Å². The van der Waals surface area contributed by atoms with Crippen molar-refractivity contribution in [2.75, 3.05) is 26.0 Å². The summed E-state index contributed by atoms with van der Waals surface area (Å²) in [5.41, 5.74) is 0.619. The lowest BCUT2D eigenvalue weighted by atomic mass is 10.3. The van der Waals surface area contributed by atoms with Gasteiger partial charge in [-0.15, -0.1) is 0 Å². The van der Waals surface area contributed by atoms with Crippen molar-refractivity contribution in [3.05, 3.63) is 11.6 Å². The van der Waals surface area contributed by atoms with Crippen molar-refractivity contribution in [1.82, 2.24) is 0 Å². The zero-order chi connectivity index (χ0) is 13.3. The zero-order valence-corrected chi connectivity index (χ0v) is 11.8.